The topological polar surface area (TPSA) is 63.4 Å². The van der Waals surface area contributed by atoms with Crippen molar-refractivity contribution in [2.75, 3.05) is 6.50 Å². The molecule has 0 aromatic heterocycles. The van der Waals surface area contributed by atoms with Gasteiger partial charge in [0.25, 0.3) is 0 Å². The Kier molecular flexibility index (Phi) is 1.67. The van der Waals surface area contributed by atoms with Crippen LogP contribution in [0.5, 0.6) is 0 Å². The van der Waals surface area contributed by atoms with E-state index >= 15 is 0 Å². The molecule has 10 heavy (non-hydrogen) atoms. The van der Waals surface area contributed by atoms with Crippen LogP contribution in [0, 0.1) is 10.1 Å². The standard InChI is InChI=1S/C3H4F3NO3/c4-3(5,6)2(8)1-7(9)10/h2,8H,1H2/i1D2. The van der Waals surface area contributed by atoms with Crippen LogP contribution in [0.3, 0.4) is 0 Å². The molecule has 1 unspecified atom stereocenters. The van der Waals surface area contributed by atoms with Gasteiger partial charge in [0.15, 0.2) is 0 Å². The summed E-state index contributed by atoms with van der Waals surface area (Å²) in [7, 11) is 0. The van der Waals surface area contributed by atoms with Crippen LogP contribution in [0.25, 0.3) is 0 Å². The van der Waals surface area contributed by atoms with Crippen molar-refractivity contribution >= 4 is 0 Å². The molecule has 0 saturated carbocycles. The Morgan fingerprint density at radius 1 is 1.80 bits per heavy atom. The highest BCUT2D eigenvalue weighted by Gasteiger charge is 2.41. The van der Waals surface area contributed by atoms with E-state index in [0.29, 0.717) is 0 Å². The molecule has 0 amide bonds. The Labute approximate surface area is 56.2 Å². The number of aliphatic hydroxyl groups excluding tert-OH is 1. The third kappa shape index (κ3) is 3.23. The van der Waals surface area contributed by atoms with Gasteiger partial charge in [-0.1, -0.05) is 0 Å². The fraction of sp³-hybridized carbons (Fsp3) is 1.00. The van der Waals surface area contributed by atoms with Gasteiger partial charge in [0.1, 0.15) is 2.74 Å². The molecule has 0 aliphatic heterocycles. The van der Waals surface area contributed by atoms with E-state index in [0.717, 1.165) is 0 Å². The van der Waals surface area contributed by atoms with Crippen LogP contribution in [0.1, 0.15) is 2.74 Å². The lowest BCUT2D eigenvalue weighted by molar-refractivity contribution is -0.500. The molecule has 0 rings (SSSR count). The fourth-order valence-electron chi connectivity index (χ4n) is 0.173. The number of rotatable bonds is 2. The number of nitro groups is 1. The first-order chi connectivity index (χ1) is 5.10. The molecule has 1 N–H and O–H groups in total. The van der Waals surface area contributed by atoms with Crippen molar-refractivity contribution in [3.05, 3.63) is 10.1 Å². The monoisotopic (exact) mass is 161 g/mol. The maximum atomic E-state index is 11.5. The summed E-state index contributed by atoms with van der Waals surface area (Å²) in [6.07, 6.45) is -8.95. The molecule has 0 aliphatic rings. The number of aliphatic hydroxyl groups is 1. The van der Waals surface area contributed by atoms with Gasteiger partial charge in [-0.15, -0.1) is 0 Å². The minimum atomic E-state index is -5.34. The summed E-state index contributed by atoms with van der Waals surface area (Å²) in [6.45, 7) is -3.90. The zero-order valence-corrected chi connectivity index (χ0v) is 4.42. The number of hydrogen-bond donors (Lipinski definition) is 1. The lowest BCUT2D eigenvalue weighted by atomic mass is 10.3. The first-order valence-electron chi connectivity index (χ1n) is 2.99. The maximum Gasteiger partial charge on any atom is 0.420 e. The first kappa shape index (κ1) is 5.90. The molecular weight excluding hydrogens is 155 g/mol. The largest absolute Gasteiger partial charge is 0.420 e. The molecule has 0 spiro atoms. The van der Waals surface area contributed by atoms with Crippen LogP contribution in [-0.4, -0.2) is 28.8 Å². The minimum Gasteiger partial charge on any atom is -0.378 e. The van der Waals surface area contributed by atoms with E-state index < -0.39 is 23.7 Å². The van der Waals surface area contributed by atoms with E-state index in [1.54, 1.807) is 0 Å². The summed E-state index contributed by atoms with van der Waals surface area (Å²) in [5.74, 6) is 0. The van der Waals surface area contributed by atoms with Crippen LogP contribution in [0.2, 0.25) is 0 Å². The second-order valence-corrected chi connectivity index (χ2v) is 1.33. The Balaban J connectivity index is 4.69. The number of nitrogens with zero attached hydrogens (tertiary/aromatic N) is 1. The highest BCUT2D eigenvalue weighted by atomic mass is 19.4. The molecule has 1 atom stereocenters. The van der Waals surface area contributed by atoms with Crippen LogP contribution >= 0.6 is 0 Å². The number of alkyl halides is 3. The van der Waals surface area contributed by atoms with Gasteiger partial charge < -0.3 is 5.11 Å². The normalized spacial score (nSPS) is 19.2. The van der Waals surface area contributed by atoms with Crippen molar-refractivity contribution in [2.45, 2.75) is 12.3 Å². The average molecular weight is 161 g/mol. The third-order valence-corrected chi connectivity index (χ3v) is 0.538. The SMILES string of the molecule is [2H]C([2H])(C(O)C(F)(F)F)[N+](=O)[O-]. The van der Waals surface area contributed by atoms with Gasteiger partial charge in [0.2, 0.25) is 12.6 Å². The van der Waals surface area contributed by atoms with E-state index in [1.165, 1.54) is 0 Å². The van der Waals surface area contributed by atoms with Crippen molar-refractivity contribution in [1.82, 2.24) is 0 Å². The van der Waals surface area contributed by atoms with Crippen molar-refractivity contribution in [1.29, 1.82) is 0 Å². The molecule has 4 nitrogen and oxygen atoms in total. The molecule has 7 heteroatoms. The molecule has 0 saturated heterocycles. The second-order valence-electron chi connectivity index (χ2n) is 1.33. The predicted molar refractivity (Wildman–Crippen MR) is 23.9 cm³/mol. The molecule has 0 bridgehead atoms. The maximum absolute atomic E-state index is 11.5. The quantitative estimate of drug-likeness (QED) is 0.464. The summed E-state index contributed by atoms with van der Waals surface area (Å²) in [6, 6.07) is 0. The molecule has 0 heterocycles. The third-order valence-electron chi connectivity index (χ3n) is 0.538. The van der Waals surface area contributed by atoms with Crippen LogP contribution in [-0.2, 0) is 0 Å². The zero-order chi connectivity index (χ0) is 10.2. The van der Waals surface area contributed by atoms with Crippen molar-refractivity contribution < 1.29 is 25.9 Å². The van der Waals surface area contributed by atoms with Gasteiger partial charge in [-0.2, -0.15) is 13.2 Å². The van der Waals surface area contributed by atoms with Crippen LogP contribution in [0.15, 0.2) is 0 Å². The fourth-order valence-corrected chi connectivity index (χ4v) is 0.173. The van der Waals surface area contributed by atoms with Crippen molar-refractivity contribution in [3.63, 3.8) is 0 Å². The second kappa shape index (κ2) is 2.82. The number of hydrogen-bond acceptors (Lipinski definition) is 3. The zero-order valence-electron chi connectivity index (χ0n) is 6.42. The average Bonchev–Trinajstić information content (AvgIpc) is 1.83. The Morgan fingerprint density at radius 3 is 2.30 bits per heavy atom. The molecular formula is C3H4F3NO3. The molecule has 0 aromatic rings. The Hall–Kier alpha value is -0.850. The van der Waals surface area contributed by atoms with Gasteiger partial charge in [-0.3, -0.25) is 10.1 Å². The smallest absolute Gasteiger partial charge is 0.378 e. The van der Waals surface area contributed by atoms with E-state index in [-0.39, 0.29) is 0 Å². The highest BCUT2D eigenvalue weighted by molar-refractivity contribution is 4.62. The van der Waals surface area contributed by atoms with E-state index in [1.807, 2.05) is 0 Å². The molecule has 0 radical (unpaired) electrons. The van der Waals surface area contributed by atoms with Gasteiger partial charge in [-0.25, -0.2) is 0 Å². The Bertz CT molecular complexity index is 194. The van der Waals surface area contributed by atoms with E-state index in [4.69, 9.17) is 7.85 Å². The van der Waals surface area contributed by atoms with Crippen LogP contribution < -0.4 is 0 Å². The molecule has 0 aromatic carbocycles. The first-order valence-corrected chi connectivity index (χ1v) is 1.99. The molecule has 0 aliphatic carbocycles. The predicted octanol–water partition coefficient (Wildman–Crippen LogP) is 0.186. The summed E-state index contributed by atoms with van der Waals surface area (Å²) in [4.78, 5) is 7.85. The van der Waals surface area contributed by atoms with E-state index in [2.05, 4.69) is 0 Å². The van der Waals surface area contributed by atoms with Crippen LogP contribution in [0.4, 0.5) is 13.2 Å². The lowest BCUT2D eigenvalue weighted by Crippen LogP contribution is -2.34. The summed E-state index contributed by atoms with van der Waals surface area (Å²) in [5.41, 5.74) is 0. The lowest BCUT2D eigenvalue weighted by Gasteiger charge is -2.08. The molecule has 60 valence electrons. The highest BCUT2D eigenvalue weighted by Crippen LogP contribution is 2.19. The van der Waals surface area contributed by atoms with Gasteiger partial charge in [0, 0.05) is 4.92 Å². The number of halogens is 3. The summed E-state index contributed by atoms with van der Waals surface area (Å²) in [5, 5.41) is 17.8. The minimum absolute atomic E-state index is 1.83. The summed E-state index contributed by atoms with van der Waals surface area (Å²) >= 11 is 0. The van der Waals surface area contributed by atoms with Gasteiger partial charge >= 0.3 is 6.18 Å². The Morgan fingerprint density at radius 2 is 2.20 bits per heavy atom. The van der Waals surface area contributed by atoms with Gasteiger partial charge in [0.05, 0.1) is 0 Å². The van der Waals surface area contributed by atoms with Gasteiger partial charge in [-0.05, 0) is 0 Å². The van der Waals surface area contributed by atoms with Crippen molar-refractivity contribution in [2.24, 2.45) is 0 Å². The van der Waals surface area contributed by atoms with E-state index in [9.17, 15) is 23.3 Å². The van der Waals surface area contributed by atoms with Crippen molar-refractivity contribution in [3.8, 4) is 0 Å². The molecule has 0 fully saturated rings. The summed E-state index contributed by atoms with van der Waals surface area (Å²) < 4.78 is 47.0.